The molecular weight excluding hydrogens is 304 g/mol. The molecule has 122 valence electrons. The SMILES string of the molecule is Cc1ccc(CN2CCN(S(C)(=O)=O)C[C@@H](C(N)=O)C2)cn1. The molecule has 1 atom stereocenters. The molecule has 0 bridgehead atoms. The number of aryl methyl sites for hydroxylation is 1. The van der Waals surface area contributed by atoms with E-state index in [4.69, 9.17) is 5.73 Å². The van der Waals surface area contributed by atoms with E-state index in [1.165, 1.54) is 4.31 Å². The van der Waals surface area contributed by atoms with Crippen LogP contribution in [0.25, 0.3) is 0 Å². The molecule has 0 spiro atoms. The summed E-state index contributed by atoms with van der Waals surface area (Å²) in [6.07, 6.45) is 2.96. The number of sulfonamides is 1. The maximum atomic E-state index is 11.8. The Bertz CT molecular complexity index is 630. The highest BCUT2D eigenvalue weighted by Crippen LogP contribution is 2.15. The van der Waals surface area contributed by atoms with Crippen LogP contribution in [0.5, 0.6) is 0 Å². The molecule has 1 aromatic heterocycles. The third-order valence-electron chi connectivity index (χ3n) is 3.82. The Morgan fingerprint density at radius 3 is 2.64 bits per heavy atom. The van der Waals surface area contributed by atoms with Crippen molar-refractivity contribution in [3.8, 4) is 0 Å². The summed E-state index contributed by atoms with van der Waals surface area (Å²) in [5.41, 5.74) is 7.39. The lowest BCUT2D eigenvalue weighted by molar-refractivity contribution is -0.122. The molecule has 1 aliphatic rings. The molecule has 8 heteroatoms. The fraction of sp³-hybridized carbons (Fsp3) is 0.571. The molecule has 0 aliphatic carbocycles. The number of hydrogen-bond acceptors (Lipinski definition) is 5. The van der Waals surface area contributed by atoms with Crippen molar-refractivity contribution in [1.29, 1.82) is 0 Å². The highest BCUT2D eigenvalue weighted by atomic mass is 32.2. The molecular formula is C14H22N4O3S. The first-order valence-corrected chi connectivity index (χ1v) is 8.99. The van der Waals surface area contributed by atoms with Crippen LogP contribution in [-0.4, -0.2) is 60.9 Å². The average molecular weight is 326 g/mol. The van der Waals surface area contributed by atoms with E-state index in [9.17, 15) is 13.2 Å². The predicted octanol–water partition coefficient (Wildman–Crippen LogP) is -0.431. The van der Waals surface area contributed by atoms with Gasteiger partial charge in [0.1, 0.15) is 0 Å². The second kappa shape index (κ2) is 6.72. The van der Waals surface area contributed by atoms with Gasteiger partial charge < -0.3 is 5.73 Å². The monoisotopic (exact) mass is 326 g/mol. The summed E-state index contributed by atoms with van der Waals surface area (Å²) in [5, 5.41) is 0. The van der Waals surface area contributed by atoms with Crippen LogP contribution in [-0.2, 0) is 21.4 Å². The molecule has 1 amide bonds. The third kappa shape index (κ3) is 4.49. The lowest BCUT2D eigenvalue weighted by atomic mass is 10.1. The van der Waals surface area contributed by atoms with Crippen LogP contribution in [0.3, 0.4) is 0 Å². The molecule has 2 heterocycles. The van der Waals surface area contributed by atoms with E-state index >= 15 is 0 Å². The standard InChI is InChI=1S/C14H22N4O3S/c1-11-3-4-12(7-16-11)8-17-5-6-18(22(2,20)21)10-13(9-17)14(15)19/h3-4,7,13H,5-6,8-10H2,1-2H3,(H2,15,19)/t13-/m0/s1. The Hall–Kier alpha value is -1.51. The lowest BCUT2D eigenvalue weighted by Gasteiger charge is -2.22. The maximum absolute atomic E-state index is 11.8. The van der Waals surface area contributed by atoms with Gasteiger partial charge in [0, 0.05) is 44.6 Å². The number of carbonyl (C=O) groups excluding carboxylic acids is 1. The maximum Gasteiger partial charge on any atom is 0.223 e. The molecule has 1 fully saturated rings. The van der Waals surface area contributed by atoms with Crippen molar-refractivity contribution in [3.05, 3.63) is 29.6 Å². The van der Waals surface area contributed by atoms with E-state index in [1.54, 1.807) is 6.20 Å². The highest BCUT2D eigenvalue weighted by Gasteiger charge is 2.30. The van der Waals surface area contributed by atoms with Gasteiger partial charge in [0.2, 0.25) is 15.9 Å². The van der Waals surface area contributed by atoms with Gasteiger partial charge in [-0.15, -0.1) is 0 Å². The normalized spacial score (nSPS) is 21.5. The van der Waals surface area contributed by atoms with E-state index < -0.39 is 21.8 Å². The van der Waals surface area contributed by atoms with Crippen LogP contribution in [0, 0.1) is 12.8 Å². The zero-order chi connectivity index (χ0) is 16.3. The number of primary amides is 1. The Morgan fingerprint density at radius 1 is 1.36 bits per heavy atom. The van der Waals surface area contributed by atoms with Crippen molar-refractivity contribution in [2.24, 2.45) is 11.7 Å². The number of nitrogens with zero attached hydrogens (tertiary/aromatic N) is 3. The van der Waals surface area contributed by atoms with E-state index in [0.717, 1.165) is 17.5 Å². The Kier molecular flexibility index (Phi) is 5.15. The van der Waals surface area contributed by atoms with Crippen LogP contribution in [0.2, 0.25) is 0 Å². The summed E-state index contributed by atoms with van der Waals surface area (Å²) in [7, 11) is -3.33. The Balaban J connectivity index is 2.12. The second-order valence-corrected chi connectivity index (χ2v) is 7.75. The molecule has 2 N–H and O–H groups in total. The van der Waals surface area contributed by atoms with E-state index in [1.807, 2.05) is 24.0 Å². The first-order valence-electron chi connectivity index (χ1n) is 7.14. The Morgan fingerprint density at radius 2 is 2.09 bits per heavy atom. The fourth-order valence-corrected chi connectivity index (χ4v) is 3.39. The first-order chi connectivity index (χ1) is 10.3. The second-order valence-electron chi connectivity index (χ2n) is 5.76. The topological polar surface area (TPSA) is 96.6 Å². The van der Waals surface area contributed by atoms with Gasteiger partial charge in [-0.25, -0.2) is 12.7 Å². The van der Waals surface area contributed by atoms with Crippen molar-refractivity contribution in [1.82, 2.24) is 14.2 Å². The summed E-state index contributed by atoms with van der Waals surface area (Å²) in [4.78, 5) is 17.9. The van der Waals surface area contributed by atoms with Gasteiger partial charge in [0.25, 0.3) is 0 Å². The quantitative estimate of drug-likeness (QED) is 0.810. The molecule has 1 saturated heterocycles. The van der Waals surface area contributed by atoms with Crippen LogP contribution in [0.15, 0.2) is 18.3 Å². The summed E-state index contributed by atoms with van der Waals surface area (Å²) >= 11 is 0. The van der Waals surface area contributed by atoms with Crippen LogP contribution in [0.1, 0.15) is 11.3 Å². The van der Waals surface area contributed by atoms with Gasteiger partial charge in [-0.05, 0) is 18.6 Å². The van der Waals surface area contributed by atoms with Crippen molar-refractivity contribution < 1.29 is 13.2 Å². The number of carbonyl (C=O) groups is 1. The number of nitrogens with two attached hydrogens (primary N) is 1. The fourth-order valence-electron chi connectivity index (χ4n) is 2.53. The molecule has 0 radical (unpaired) electrons. The van der Waals surface area contributed by atoms with Crippen LogP contribution in [0.4, 0.5) is 0 Å². The van der Waals surface area contributed by atoms with Gasteiger partial charge in [0.15, 0.2) is 0 Å². The number of aromatic nitrogens is 1. The molecule has 7 nitrogen and oxygen atoms in total. The lowest BCUT2D eigenvalue weighted by Crippen LogP contribution is -2.40. The highest BCUT2D eigenvalue weighted by molar-refractivity contribution is 7.88. The summed E-state index contributed by atoms with van der Waals surface area (Å²) in [5.74, 6) is -0.974. The largest absolute Gasteiger partial charge is 0.369 e. The van der Waals surface area contributed by atoms with Gasteiger partial charge in [-0.3, -0.25) is 14.7 Å². The number of pyridine rings is 1. The summed E-state index contributed by atoms with van der Waals surface area (Å²) in [6.45, 7) is 4.07. The minimum Gasteiger partial charge on any atom is -0.369 e. The molecule has 22 heavy (non-hydrogen) atoms. The minimum absolute atomic E-state index is 0.150. The van der Waals surface area contributed by atoms with Gasteiger partial charge >= 0.3 is 0 Å². The zero-order valence-electron chi connectivity index (χ0n) is 12.9. The predicted molar refractivity (Wildman–Crippen MR) is 83.4 cm³/mol. The van der Waals surface area contributed by atoms with E-state index in [-0.39, 0.29) is 6.54 Å². The van der Waals surface area contributed by atoms with Gasteiger partial charge in [0.05, 0.1) is 12.2 Å². The zero-order valence-corrected chi connectivity index (χ0v) is 13.7. The van der Waals surface area contributed by atoms with Crippen molar-refractivity contribution >= 4 is 15.9 Å². The summed E-state index contributed by atoms with van der Waals surface area (Å²) < 4.78 is 24.8. The van der Waals surface area contributed by atoms with Crippen molar-refractivity contribution in [2.75, 3.05) is 32.4 Å². The molecule has 0 unspecified atom stereocenters. The average Bonchev–Trinajstić information content (AvgIpc) is 2.64. The van der Waals surface area contributed by atoms with Gasteiger partial charge in [-0.2, -0.15) is 0 Å². The molecule has 2 rings (SSSR count). The van der Waals surface area contributed by atoms with Gasteiger partial charge in [-0.1, -0.05) is 6.07 Å². The molecule has 0 saturated carbocycles. The van der Waals surface area contributed by atoms with Crippen molar-refractivity contribution in [3.63, 3.8) is 0 Å². The molecule has 0 aromatic carbocycles. The van der Waals surface area contributed by atoms with Crippen LogP contribution < -0.4 is 5.73 Å². The Labute approximate surface area is 131 Å². The smallest absolute Gasteiger partial charge is 0.223 e. The van der Waals surface area contributed by atoms with Crippen LogP contribution >= 0.6 is 0 Å². The van der Waals surface area contributed by atoms with E-state index in [0.29, 0.717) is 26.2 Å². The van der Waals surface area contributed by atoms with E-state index in [2.05, 4.69) is 4.98 Å². The minimum atomic E-state index is -3.33. The number of amides is 1. The van der Waals surface area contributed by atoms with Crippen molar-refractivity contribution in [2.45, 2.75) is 13.5 Å². The first kappa shape index (κ1) is 16.9. The number of rotatable bonds is 4. The molecule has 1 aromatic rings. The molecule has 1 aliphatic heterocycles. The summed E-state index contributed by atoms with van der Waals surface area (Å²) in [6, 6.07) is 3.92. The third-order valence-corrected chi connectivity index (χ3v) is 5.09. The number of hydrogen-bond donors (Lipinski definition) is 1.